The molecule has 0 radical (unpaired) electrons. The number of para-hydroxylation sites is 2. The van der Waals surface area contributed by atoms with Crippen molar-refractivity contribution in [2.45, 2.75) is 6.18 Å². The van der Waals surface area contributed by atoms with Crippen LogP contribution in [-0.4, -0.2) is 45.3 Å². The molecule has 0 fully saturated rings. The smallest absolute Gasteiger partial charge is 0.331 e. The average molecular weight is 482 g/mol. The van der Waals surface area contributed by atoms with Crippen LogP contribution in [0.3, 0.4) is 0 Å². The molecule has 7 nitrogen and oxygen atoms in total. The highest BCUT2D eigenvalue weighted by Crippen LogP contribution is 2.33. The van der Waals surface area contributed by atoms with E-state index in [-0.39, 0.29) is 17.9 Å². The Morgan fingerprint density at radius 2 is 1.80 bits per heavy atom. The molecule has 30 heavy (non-hydrogen) atoms. The second-order valence-corrected chi connectivity index (χ2v) is 7.11. The summed E-state index contributed by atoms with van der Waals surface area (Å²) in [6.45, 7) is -0.286. The topological polar surface area (TPSA) is 80.1 Å². The van der Waals surface area contributed by atoms with Gasteiger partial charge in [-0.15, -0.1) is 5.10 Å². The molecule has 1 heterocycles. The fourth-order valence-corrected chi connectivity index (χ4v) is 3.01. The number of carbonyl (C=O) groups excluding carboxylic acids is 2. The molecule has 3 aromatic rings. The molecule has 0 atom stereocenters. The van der Waals surface area contributed by atoms with Gasteiger partial charge in [0, 0.05) is 11.5 Å². The van der Waals surface area contributed by atoms with Gasteiger partial charge in [-0.3, -0.25) is 9.59 Å². The van der Waals surface area contributed by atoms with Gasteiger partial charge in [0.25, 0.3) is 5.91 Å². The first-order chi connectivity index (χ1) is 14.2. The van der Waals surface area contributed by atoms with E-state index >= 15 is 0 Å². The maximum Gasteiger partial charge on any atom is 0.418 e. The molecule has 0 saturated carbocycles. The Morgan fingerprint density at radius 1 is 1.13 bits per heavy atom. The third-order valence-electron chi connectivity index (χ3n) is 4.04. The van der Waals surface area contributed by atoms with Crippen molar-refractivity contribution in [3.63, 3.8) is 0 Å². The Balaban J connectivity index is 1.72. The number of carbonyl (C=O) groups is 2. The summed E-state index contributed by atoms with van der Waals surface area (Å²) in [6, 6.07) is 11.8. The monoisotopic (exact) mass is 481 g/mol. The van der Waals surface area contributed by atoms with E-state index in [9.17, 15) is 22.8 Å². The standard InChI is InChI=1S/C19H15BrF3N5O2/c1-27(11-17(29)24-14-8-4-3-7-13(14)20)18(30)15-10-28(26-25-15)16-9-5-2-6-12(16)19(21,22)23/h2-10H,11H2,1H3,(H,24,29). The fraction of sp³-hybridized carbons (Fsp3) is 0.158. The Kier molecular flexibility index (Phi) is 6.20. The van der Waals surface area contributed by atoms with Crippen LogP contribution < -0.4 is 5.32 Å². The van der Waals surface area contributed by atoms with Gasteiger partial charge in [-0.25, -0.2) is 4.68 Å². The molecule has 0 aliphatic rings. The van der Waals surface area contributed by atoms with Crippen molar-refractivity contribution >= 4 is 33.4 Å². The minimum absolute atomic E-state index is 0.192. The molecule has 0 aliphatic carbocycles. The molecule has 1 aromatic heterocycles. The molecule has 0 spiro atoms. The van der Waals surface area contributed by atoms with Crippen molar-refractivity contribution in [2.75, 3.05) is 18.9 Å². The Hall–Kier alpha value is -3.21. The van der Waals surface area contributed by atoms with E-state index in [1.807, 2.05) is 0 Å². The summed E-state index contributed by atoms with van der Waals surface area (Å²) in [4.78, 5) is 25.8. The van der Waals surface area contributed by atoms with Gasteiger partial charge in [-0.1, -0.05) is 29.5 Å². The first kappa shape index (κ1) is 21.5. The number of nitrogens with one attached hydrogen (secondary N) is 1. The third kappa shape index (κ3) is 4.85. The lowest BCUT2D eigenvalue weighted by Gasteiger charge is -2.15. The number of likely N-dealkylation sites (N-methyl/N-ethyl adjacent to an activating group) is 1. The molecule has 11 heteroatoms. The number of benzene rings is 2. The van der Waals surface area contributed by atoms with Crippen LogP contribution in [0.4, 0.5) is 18.9 Å². The lowest BCUT2D eigenvalue weighted by molar-refractivity contribution is -0.137. The van der Waals surface area contributed by atoms with Crippen molar-refractivity contribution in [3.05, 3.63) is 70.5 Å². The molecule has 3 rings (SSSR count). The van der Waals surface area contributed by atoms with Crippen molar-refractivity contribution in [2.24, 2.45) is 0 Å². The lowest BCUT2D eigenvalue weighted by Crippen LogP contribution is -2.35. The predicted octanol–water partition coefficient (Wildman–Crippen LogP) is 3.76. The first-order valence-electron chi connectivity index (χ1n) is 8.55. The van der Waals surface area contributed by atoms with Gasteiger partial charge in [0.15, 0.2) is 5.69 Å². The van der Waals surface area contributed by atoms with Crippen LogP contribution in [0.1, 0.15) is 16.1 Å². The van der Waals surface area contributed by atoms with Crippen molar-refractivity contribution in [3.8, 4) is 5.69 Å². The number of aromatic nitrogens is 3. The number of rotatable bonds is 5. The van der Waals surface area contributed by atoms with Crippen molar-refractivity contribution in [1.82, 2.24) is 19.9 Å². The summed E-state index contributed by atoms with van der Waals surface area (Å²) in [6.07, 6.45) is -3.50. The zero-order valence-corrected chi connectivity index (χ0v) is 17.1. The number of halogens is 4. The van der Waals surface area contributed by atoms with Gasteiger partial charge in [-0.05, 0) is 40.2 Å². The summed E-state index contributed by atoms with van der Waals surface area (Å²) >= 11 is 3.30. The summed E-state index contributed by atoms with van der Waals surface area (Å²) in [7, 11) is 1.38. The largest absolute Gasteiger partial charge is 0.418 e. The zero-order chi connectivity index (χ0) is 21.9. The minimum atomic E-state index is -4.59. The number of alkyl halides is 3. The summed E-state index contributed by atoms with van der Waals surface area (Å²) in [5.74, 6) is -1.11. The van der Waals surface area contributed by atoms with Gasteiger partial charge < -0.3 is 10.2 Å². The van der Waals surface area contributed by atoms with Crippen LogP contribution in [0.5, 0.6) is 0 Å². The van der Waals surface area contributed by atoms with E-state index in [0.29, 0.717) is 10.2 Å². The maximum absolute atomic E-state index is 13.2. The van der Waals surface area contributed by atoms with Crippen LogP contribution in [0.15, 0.2) is 59.2 Å². The number of hydrogen-bond acceptors (Lipinski definition) is 4. The SMILES string of the molecule is CN(CC(=O)Nc1ccccc1Br)C(=O)c1cn(-c2ccccc2C(F)(F)F)nn1. The predicted molar refractivity (Wildman–Crippen MR) is 106 cm³/mol. The molecule has 2 amide bonds. The Labute approximate surface area is 177 Å². The quantitative estimate of drug-likeness (QED) is 0.601. The van der Waals surface area contributed by atoms with E-state index in [0.717, 1.165) is 21.8 Å². The molecule has 2 aromatic carbocycles. The molecule has 0 bridgehead atoms. The molecular formula is C19H15BrF3N5O2. The second kappa shape index (κ2) is 8.66. The maximum atomic E-state index is 13.2. The summed E-state index contributed by atoms with van der Waals surface area (Å²) in [5.41, 5.74) is -0.817. The number of nitrogens with zero attached hydrogens (tertiary/aromatic N) is 4. The highest BCUT2D eigenvalue weighted by molar-refractivity contribution is 9.10. The number of amides is 2. The van der Waals surface area contributed by atoms with Crippen LogP contribution in [0, 0.1) is 0 Å². The summed E-state index contributed by atoms with van der Waals surface area (Å²) < 4.78 is 41.1. The minimum Gasteiger partial charge on any atom is -0.331 e. The van der Waals surface area contributed by atoms with E-state index < -0.39 is 23.6 Å². The Bertz CT molecular complexity index is 1080. The summed E-state index contributed by atoms with van der Waals surface area (Å²) in [5, 5.41) is 9.95. The van der Waals surface area contributed by atoms with Gasteiger partial charge in [0.05, 0.1) is 29.7 Å². The molecule has 0 unspecified atom stereocenters. The van der Waals surface area contributed by atoms with E-state index in [4.69, 9.17) is 0 Å². The van der Waals surface area contributed by atoms with Crippen molar-refractivity contribution in [1.29, 1.82) is 0 Å². The number of anilines is 1. The van der Waals surface area contributed by atoms with Crippen molar-refractivity contribution < 1.29 is 22.8 Å². The Morgan fingerprint density at radius 3 is 2.50 bits per heavy atom. The van der Waals surface area contributed by atoms with Gasteiger partial charge >= 0.3 is 6.18 Å². The molecule has 0 saturated heterocycles. The van der Waals surface area contributed by atoms with Gasteiger partial charge in [0.2, 0.25) is 5.91 Å². The normalized spacial score (nSPS) is 11.2. The van der Waals surface area contributed by atoms with E-state index in [1.165, 1.54) is 25.2 Å². The second-order valence-electron chi connectivity index (χ2n) is 6.25. The van der Waals surface area contributed by atoms with Crippen LogP contribution >= 0.6 is 15.9 Å². The highest BCUT2D eigenvalue weighted by Gasteiger charge is 2.34. The number of hydrogen-bond donors (Lipinski definition) is 1. The zero-order valence-electron chi connectivity index (χ0n) is 15.5. The highest BCUT2D eigenvalue weighted by atomic mass is 79.9. The lowest BCUT2D eigenvalue weighted by atomic mass is 10.1. The molecule has 156 valence electrons. The van der Waals surface area contributed by atoms with Crippen LogP contribution in [-0.2, 0) is 11.0 Å². The fourth-order valence-electron chi connectivity index (χ4n) is 2.63. The molecule has 1 N–H and O–H groups in total. The molecule has 0 aliphatic heterocycles. The average Bonchev–Trinajstić information content (AvgIpc) is 3.18. The van der Waals surface area contributed by atoms with Gasteiger partial charge in [-0.2, -0.15) is 13.2 Å². The van der Waals surface area contributed by atoms with Crippen LogP contribution in [0.2, 0.25) is 0 Å². The van der Waals surface area contributed by atoms with Gasteiger partial charge in [0.1, 0.15) is 0 Å². The third-order valence-corrected chi connectivity index (χ3v) is 4.74. The van der Waals surface area contributed by atoms with Crippen LogP contribution in [0.25, 0.3) is 5.69 Å². The van der Waals surface area contributed by atoms with E-state index in [1.54, 1.807) is 24.3 Å². The van der Waals surface area contributed by atoms with E-state index in [2.05, 4.69) is 31.6 Å². The first-order valence-corrected chi connectivity index (χ1v) is 9.35. The molecular weight excluding hydrogens is 467 g/mol.